The van der Waals surface area contributed by atoms with Gasteiger partial charge in [0.1, 0.15) is 17.6 Å². The molecule has 0 aliphatic carbocycles. The van der Waals surface area contributed by atoms with E-state index in [1.807, 2.05) is 6.07 Å². The predicted octanol–water partition coefficient (Wildman–Crippen LogP) is 1.74. The number of amides is 3. The predicted molar refractivity (Wildman–Crippen MR) is 105 cm³/mol. The van der Waals surface area contributed by atoms with Crippen LogP contribution in [0.15, 0.2) is 54.6 Å². The van der Waals surface area contributed by atoms with Crippen molar-refractivity contribution in [2.75, 3.05) is 6.61 Å². The Labute approximate surface area is 168 Å². The first kappa shape index (κ1) is 21.9. The molecule has 8 heteroatoms. The quantitative estimate of drug-likeness (QED) is 0.587. The summed E-state index contributed by atoms with van der Waals surface area (Å²) in [5.74, 6) is -1.55. The van der Waals surface area contributed by atoms with E-state index in [1.165, 1.54) is 24.3 Å². The average molecular weight is 401 g/mol. The fourth-order valence-electron chi connectivity index (χ4n) is 2.46. The van der Waals surface area contributed by atoms with Gasteiger partial charge in [0.15, 0.2) is 6.61 Å². The van der Waals surface area contributed by atoms with Crippen LogP contribution >= 0.6 is 0 Å². The van der Waals surface area contributed by atoms with Crippen molar-refractivity contribution >= 4 is 17.7 Å². The molecule has 3 amide bonds. The van der Waals surface area contributed by atoms with Crippen molar-refractivity contribution in [3.05, 3.63) is 66.0 Å². The van der Waals surface area contributed by atoms with Crippen LogP contribution in [0.5, 0.6) is 5.75 Å². The maximum absolute atomic E-state index is 12.9. The van der Waals surface area contributed by atoms with Gasteiger partial charge in [-0.2, -0.15) is 0 Å². The lowest BCUT2D eigenvalue weighted by atomic mass is 10.0. The highest BCUT2D eigenvalue weighted by Gasteiger charge is 2.24. The summed E-state index contributed by atoms with van der Waals surface area (Å²) >= 11 is 0. The lowest BCUT2D eigenvalue weighted by Gasteiger charge is -2.22. The van der Waals surface area contributed by atoms with Crippen molar-refractivity contribution in [2.45, 2.75) is 26.3 Å². The maximum Gasteiger partial charge on any atom is 0.261 e. The van der Waals surface area contributed by atoms with Crippen LogP contribution in [0.1, 0.15) is 19.4 Å². The van der Waals surface area contributed by atoms with Gasteiger partial charge in [0, 0.05) is 0 Å². The van der Waals surface area contributed by atoms with E-state index in [0.717, 1.165) is 0 Å². The van der Waals surface area contributed by atoms with E-state index in [-0.39, 0.29) is 18.9 Å². The molecule has 0 bridgehead atoms. The third kappa shape index (κ3) is 7.61. The summed E-state index contributed by atoms with van der Waals surface area (Å²) < 4.78 is 18.3. The van der Waals surface area contributed by atoms with Crippen LogP contribution < -0.4 is 20.9 Å². The van der Waals surface area contributed by atoms with E-state index >= 15 is 0 Å². The minimum absolute atomic E-state index is 0.0236. The smallest absolute Gasteiger partial charge is 0.261 e. The van der Waals surface area contributed by atoms with Crippen LogP contribution in [0.25, 0.3) is 0 Å². The molecule has 0 unspecified atom stereocenters. The van der Waals surface area contributed by atoms with E-state index < -0.39 is 29.6 Å². The zero-order valence-corrected chi connectivity index (χ0v) is 16.3. The molecule has 0 heterocycles. The highest BCUT2D eigenvalue weighted by Crippen LogP contribution is 2.08. The van der Waals surface area contributed by atoms with Crippen molar-refractivity contribution in [2.24, 2.45) is 5.92 Å². The Balaban J connectivity index is 1.80. The van der Waals surface area contributed by atoms with E-state index in [9.17, 15) is 18.8 Å². The molecule has 0 aliphatic rings. The van der Waals surface area contributed by atoms with E-state index in [1.54, 1.807) is 38.1 Å². The fourth-order valence-corrected chi connectivity index (χ4v) is 2.46. The molecule has 0 fully saturated rings. The van der Waals surface area contributed by atoms with Crippen molar-refractivity contribution in [1.82, 2.24) is 16.2 Å². The fraction of sp³-hybridized carbons (Fsp3) is 0.286. The lowest BCUT2D eigenvalue weighted by molar-refractivity contribution is -0.133. The van der Waals surface area contributed by atoms with Crippen LogP contribution in [-0.2, 0) is 20.8 Å². The molecule has 0 aromatic heterocycles. The second-order valence-corrected chi connectivity index (χ2v) is 6.73. The summed E-state index contributed by atoms with van der Waals surface area (Å²) in [5.41, 5.74) is 5.21. The summed E-state index contributed by atoms with van der Waals surface area (Å²) in [6.07, 6.45) is -0.0236. The van der Waals surface area contributed by atoms with Crippen LogP contribution in [-0.4, -0.2) is 30.4 Å². The number of nitrogens with one attached hydrogen (secondary N) is 3. The summed E-state index contributed by atoms with van der Waals surface area (Å²) in [5, 5.41) is 2.60. The van der Waals surface area contributed by atoms with E-state index in [0.29, 0.717) is 11.3 Å². The molecular weight excluding hydrogens is 377 g/mol. The first-order valence-electron chi connectivity index (χ1n) is 9.15. The van der Waals surface area contributed by atoms with Gasteiger partial charge < -0.3 is 10.1 Å². The maximum atomic E-state index is 12.9. The number of benzene rings is 2. The Morgan fingerprint density at radius 3 is 2.21 bits per heavy atom. The molecule has 0 saturated heterocycles. The number of hydrogen-bond acceptors (Lipinski definition) is 4. The minimum atomic E-state index is -0.854. The van der Waals surface area contributed by atoms with Crippen molar-refractivity contribution in [3.8, 4) is 5.75 Å². The Bertz CT molecular complexity index is 826. The molecule has 29 heavy (non-hydrogen) atoms. The first-order valence-corrected chi connectivity index (χ1v) is 9.15. The largest absolute Gasteiger partial charge is 0.484 e. The van der Waals surface area contributed by atoms with Crippen LogP contribution in [0.3, 0.4) is 0 Å². The molecule has 0 saturated carbocycles. The first-order chi connectivity index (χ1) is 13.8. The highest BCUT2D eigenvalue weighted by molar-refractivity contribution is 5.90. The number of halogens is 1. The minimum Gasteiger partial charge on any atom is -0.484 e. The van der Waals surface area contributed by atoms with Gasteiger partial charge >= 0.3 is 0 Å². The monoisotopic (exact) mass is 401 g/mol. The molecule has 0 aliphatic heterocycles. The molecule has 0 spiro atoms. The summed E-state index contributed by atoms with van der Waals surface area (Å²) in [4.78, 5) is 36.4. The van der Waals surface area contributed by atoms with Crippen molar-refractivity contribution in [1.29, 1.82) is 0 Å². The van der Waals surface area contributed by atoms with Gasteiger partial charge in [-0.3, -0.25) is 25.2 Å². The standard InChI is InChI=1S/C21H24FN3O4/c1-14(2)20(23-19(27)13-29-17-6-4-3-5-7-17)21(28)25-24-18(26)12-15-8-10-16(22)11-9-15/h3-11,14,20H,12-13H2,1-2H3,(H,23,27)(H,24,26)(H,25,28)/t20-/m0/s1. The Morgan fingerprint density at radius 2 is 1.59 bits per heavy atom. The van der Waals surface area contributed by atoms with Gasteiger partial charge in [0.05, 0.1) is 6.42 Å². The molecule has 2 aromatic carbocycles. The highest BCUT2D eigenvalue weighted by atomic mass is 19.1. The topological polar surface area (TPSA) is 96.5 Å². The summed E-state index contributed by atoms with van der Waals surface area (Å²) in [6, 6.07) is 13.5. The molecule has 154 valence electrons. The number of rotatable bonds is 8. The SMILES string of the molecule is CC(C)[C@H](NC(=O)COc1ccccc1)C(=O)NNC(=O)Cc1ccc(F)cc1. The van der Waals surface area contributed by atoms with Gasteiger partial charge in [0.25, 0.3) is 11.8 Å². The van der Waals surface area contributed by atoms with Crippen molar-refractivity contribution in [3.63, 3.8) is 0 Å². The Morgan fingerprint density at radius 1 is 0.931 bits per heavy atom. The van der Waals surface area contributed by atoms with E-state index in [4.69, 9.17) is 4.74 Å². The summed E-state index contributed by atoms with van der Waals surface area (Å²) in [7, 11) is 0. The Hall–Kier alpha value is -3.42. The average Bonchev–Trinajstić information content (AvgIpc) is 2.71. The summed E-state index contributed by atoms with van der Waals surface area (Å²) in [6.45, 7) is 3.29. The number of para-hydroxylation sites is 1. The third-order valence-corrected chi connectivity index (χ3v) is 3.98. The molecule has 2 rings (SSSR count). The number of hydrogen-bond donors (Lipinski definition) is 3. The van der Waals surface area contributed by atoms with Gasteiger partial charge in [-0.05, 0) is 35.7 Å². The normalized spacial score (nSPS) is 11.4. The number of carbonyl (C=O) groups excluding carboxylic acids is 3. The molecular formula is C21H24FN3O4. The van der Waals surface area contributed by atoms with Crippen molar-refractivity contribution < 1.29 is 23.5 Å². The van der Waals surface area contributed by atoms with Gasteiger partial charge in [-0.1, -0.05) is 44.2 Å². The molecule has 7 nitrogen and oxygen atoms in total. The second-order valence-electron chi connectivity index (χ2n) is 6.73. The zero-order valence-electron chi connectivity index (χ0n) is 16.3. The van der Waals surface area contributed by atoms with Crippen LogP contribution in [0.4, 0.5) is 4.39 Å². The Kier molecular flexibility index (Phi) is 8.14. The third-order valence-electron chi connectivity index (χ3n) is 3.98. The van der Waals surface area contributed by atoms with Crippen LogP contribution in [0, 0.1) is 11.7 Å². The van der Waals surface area contributed by atoms with Gasteiger partial charge in [0.2, 0.25) is 5.91 Å². The molecule has 0 radical (unpaired) electrons. The number of carbonyl (C=O) groups is 3. The lowest BCUT2D eigenvalue weighted by Crippen LogP contribution is -2.55. The van der Waals surface area contributed by atoms with E-state index in [2.05, 4.69) is 16.2 Å². The zero-order chi connectivity index (χ0) is 21.2. The molecule has 3 N–H and O–H groups in total. The van der Waals surface area contributed by atoms with Gasteiger partial charge in [-0.15, -0.1) is 0 Å². The second kappa shape index (κ2) is 10.8. The van der Waals surface area contributed by atoms with Crippen LogP contribution in [0.2, 0.25) is 0 Å². The van der Waals surface area contributed by atoms with Gasteiger partial charge in [-0.25, -0.2) is 4.39 Å². The molecule has 1 atom stereocenters. The number of ether oxygens (including phenoxy) is 1. The molecule has 2 aromatic rings. The number of hydrazine groups is 1.